The number of rotatable bonds is 0. The van der Waals surface area contributed by atoms with Crippen molar-refractivity contribution >= 4 is 15.2 Å². The molecule has 0 atom stereocenters. The van der Waals surface area contributed by atoms with Crippen LogP contribution in [0.2, 0.25) is 0 Å². The molecular weight excluding hydrogens is 227 g/mol. The first-order chi connectivity index (χ1) is 5.38. The van der Waals surface area contributed by atoms with Gasteiger partial charge in [0.15, 0.2) is 0 Å². The van der Waals surface area contributed by atoms with Crippen LogP contribution in [0.3, 0.4) is 0 Å². The molecule has 2 nitrogen and oxygen atoms in total. The minimum atomic E-state index is 0.938. The van der Waals surface area contributed by atoms with Crippen LogP contribution in [0.1, 0.15) is 0 Å². The standard InChI is InChI=1S/C8H5N2.Rh/c1-2-4-8-7(3-1)9-5-6-10-8;/h1-3,5-6H;. The first kappa shape index (κ1) is 6.87. The van der Waals surface area contributed by atoms with Crippen LogP contribution < -0.4 is 4.16 Å². The average molecular weight is 232 g/mol. The third kappa shape index (κ3) is 1.16. The molecule has 11 heavy (non-hydrogen) atoms. The number of para-hydroxylation sites is 1. The predicted molar refractivity (Wildman–Crippen MR) is 39.2 cm³/mol. The Labute approximate surface area is 74.4 Å². The van der Waals surface area contributed by atoms with E-state index in [-0.39, 0.29) is 0 Å². The molecule has 1 aromatic heterocycles. The number of hydrogen-bond acceptors (Lipinski definition) is 2. The molecule has 0 aliphatic heterocycles. The predicted octanol–water partition coefficient (Wildman–Crippen LogP) is 0.802. The summed E-state index contributed by atoms with van der Waals surface area (Å²) in [5.74, 6) is 0. The summed E-state index contributed by atoms with van der Waals surface area (Å²) in [6.07, 6.45) is 3.40. The van der Waals surface area contributed by atoms with Gasteiger partial charge in [-0.2, -0.15) is 0 Å². The van der Waals surface area contributed by atoms with E-state index < -0.39 is 0 Å². The third-order valence-electron chi connectivity index (χ3n) is 1.43. The van der Waals surface area contributed by atoms with Gasteiger partial charge in [-0.15, -0.1) is 0 Å². The summed E-state index contributed by atoms with van der Waals surface area (Å²) >= 11 is 2.83. The topological polar surface area (TPSA) is 25.8 Å². The fourth-order valence-electron chi connectivity index (χ4n) is 0.945. The molecule has 0 radical (unpaired) electrons. The quantitative estimate of drug-likeness (QED) is 0.628. The van der Waals surface area contributed by atoms with Gasteiger partial charge in [0, 0.05) is 0 Å². The first-order valence-corrected chi connectivity index (χ1v) is 4.03. The van der Waals surface area contributed by atoms with Crippen molar-refractivity contribution in [2.45, 2.75) is 0 Å². The molecule has 0 aliphatic carbocycles. The van der Waals surface area contributed by atoms with E-state index >= 15 is 0 Å². The van der Waals surface area contributed by atoms with Gasteiger partial charge in [-0.05, 0) is 0 Å². The molecule has 0 bridgehead atoms. The Hall–Kier alpha value is -0.817. The first-order valence-electron chi connectivity index (χ1n) is 3.21. The molecule has 0 spiro atoms. The van der Waals surface area contributed by atoms with Crippen LogP contribution >= 0.6 is 0 Å². The zero-order valence-corrected chi connectivity index (χ0v) is 7.25. The molecule has 56 valence electrons. The maximum atomic E-state index is 4.19. The fraction of sp³-hybridized carbons (Fsp3) is 0. The molecule has 0 aliphatic rings. The van der Waals surface area contributed by atoms with E-state index in [1.807, 2.05) is 18.2 Å². The molecule has 0 saturated carbocycles. The summed E-state index contributed by atoms with van der Waals surface area (Å²) < 4.78 is 1.07. The van der Waals surface area contributed by atoms with Crippen LogP contribution in [0.4, 0.5) is 0 Å². The molecule has 0 unspecified atom stereocenters. The zero-order valence-electron chi connectivity index (χ0n) is 5.61. The van der Waals surface area contributed by atoms with Gasteiger partial charge in [-0.25, -0.2) is 0 Å². The molecule has 0 N–H and O–H groups in total. The summed E-state index contributed by atoms with van der Waals surface area (Å²) in [4.78, 5) is 8.35. The Bertz CT molecular complexity index is 381. The Balaban J connectivity index is 2.91. The molecule has 2 rings (SSSR count). The van der Waals surface area contributed by atoms with Crippen LogP contribution in [-0.2, 0) is 18.3 Å². The van der Waals surface area contributed by atoms with Crippen LogP contribution in [0, 0.1) is 0 Å². The number of fused-ring (bicyclic) bond motifs is 1. The van der Waals surface area contributed by atoms with E-state index in [1.165, 1.54) is 0 Å². The Kier molecular flexibility index (Phi) is 1.67. The normalized spacial score (nSPS) is 10.4. The van der Waals surface area contributed by atoms with E-state index in [0.29, 0.717) is 0 Å². The van der Waals surface area contributed by atoms with Crippen LogP contribution in [-0.4, -0.2) is 9.97 Å². The molecule has 2 aromatic rings. The van der Waals surface area contributed by atoms with Gasteiger partial charge in [0.2, 0.25) is 0 Å². The van der Waals surface area contributed by atoms with Gasteiger partial charge in [0.1, 0.15) is 0 Å². The molecule has 3 heteroatoms. The van der Waals surface area contributed by atoms with Crippen molar-refractivity contribution in [2.75, 3.05) is 0 Å². The van der Waals surface area contributed by atoms with E-state index in [9.17, 15) is 0 Å². The molecule has 1 aromatic carbocycles. The Morgan fingerprint density at radius 3 is 2.73 bits per heavy atom. The van der Waals surface area contributed by atoms with E-state index in [4.69, 9.17) is 0 Å². The molecule has 0 amide bonds. The van der Waals surface area contributed by atoms with Gasteiger partial charge < -0.3 is 0 Å². The average Bonchev–Trinajstić information content (AvgIpc) is 2.06. The molecule has 0 saturated heterocycles. The number of nitrogens with zero attached hydrogens (tertiary/aromatic N) is 2. The van der Waals surface area contributed by atoms with Gasteiger partial charge in [0.05, 0.1) is 0 Å². The summed E-state index contributed by atoms with van der Waals surface area (Å²) in [6.45, 7) is 0. The second kappa shape index (κ2) is 2.67. The number of aromatic nitrogens is 2. The second-order valence-electron chi connectivity index (χ2n) is 2.14. The second-order valence-corrected chi connectivity index (χ2v) is 3.02. The summed E-state index contributed by atoms with van der Waals surface area (Å²) in [6, 6.07) is 5.90. The SMILES string of the molecule is [Rh][c]1cccc2nccnc12. The van der Waals surface area contributed by atoms with Crippen LogP contribution in [0.5, 0.6) is 0 Å². The molecular formula is C8H5N2Rh. The van der Waals surface area contributed by atoms with E-state index in [1.54, 1.807) is 12.4 Å². The third-order valence-corrected chi connectivity index (χ3v) is 2.09. The maximum absolute atomic E-state index is 4.19. The monoisotopic (exact) mass is 232 g/mol. The van der Waals surface area contributed by atoms with Crippen molar-refractivity contribution in [1.29, 1.82) is 0 Å². The van der Waals surface area contributed by atoms with Gasteiger partial charge in [-0.3, -0.25) is 0 Å². The summed E-state index contributed by atoms with van der Waals surface area (Å²) in [7, 11) is 0. The Morgan fingerprint density at radius 1 is 1.09 bits per heavy atom. The van der Waals surface area contributed by atoms with Crippen molar-refractivity contribution in [3.8, 4) is 0 Å². The van der Waals surface area contributed by atoms with Crippen LogP contribution in [0.25, 0.3) is 11.0 Å². The van der Waals surface area contributed by atoms with Crippen LogP contribution in [0.15, 0.2) is 30.6 Å². The number of hydrogen-bond donors (Lipinski definition) is 0. The molecule has 1 heterocycles. The minimum absolute atomic E-state index is 0.938. The Morgan fingerprint density at radius 2 is 1.91 bits per heavy atom. The number of benzene rings is 1. The van der Waals surface area contributed by atoms with Gasteiger partial charge >= 0.3 is 74.1 Å². The van der Waals surface area contributed by atoms with Gasteiger partial charge in [-0.1, -0.05) is 0 Å². The van der Waals surface area contributed by atoms with Crippen molar-refractivity contribution in [1.82, 2.24) is 9.97 Å². The van der Waals surface area contributed by atoms with E-state index in [2.05, 4.69) is 28.3 Å². The summed E-state index contributed by atoms with van der Waals surface area (Å²) in [5, 5.41) is 0. The zero-order chi connectivity index (χ0) is 7.68. The summed E-state index contributed by atoms with van der Waals surface area (Å²) in [5.41, 5.74) is 1.88. The van der Waals surface area contributed by atoms with Crippen molar-refractivity contribution < 1.29 is 18.3 Å². The van der Waals surface area contributed by atoms with Crippen molar-refractivity contribution in [2.24, 2.45) is 0 Å². The molecule has 0 fully saturated rings. The van der Waals surface area contributed by atoms with E-state index in [0.717, 1.165) is 15.2 Å². The van der Waals surface area contributed by atoms with Gasteiger partial charge in [0.25, 0.3) is 0 Å². The fourth-order valence-corrected chi connectivity index (χ4v) is 1.42. The van der Waals surface area contributed by atoms with Crippen molar-refractivity contribution in [3.05, 3.63) is 30.6 Å². The van der Waals surface area contributed by atoms with Crippen molar-refractivity contribution in [3.63, 3.8) is 0 Å².